The fraction of sp³-hybridized carbons (Fsp3) is 0.412. The van der Waals surface area contributed by atoms with E-state index in [1.807, 2.05) is 19.1 Å². The summed E-state index contributed by atoms with van der Waals surface area (Å²) in [4.78, 5) is 2.26. The van der Waals surface area contributed by atoms with E-state index in [-0.39, 0.29) is 6.04 Å². The zero-order valence-corrected chi connectivity index (χ0v) is 12.4. The van der Waals surface area contributed by atoms with Crippen molar-refractivity contribution in [3.63, 3.8) is 0 Å². The van der Waals surface area contributed by atoms with Gasteiger partial charge in [-0.1, -0.05) is 30.3 Å². The van der Waals surface area contributed by atoms with Crippen molar-refractivity contribution in [2.24, 2.45) is 5.73 Å². The van der Waals surface area contributed by atoms with Gasteiger partial charge in [0.05, 0.1) is 6.26 Å². The second-order valence-corrected chi connectivity index (χ2v) is 5.48. The van der Waals surface area contributed by atoms with Crippen LogP contribution < -0.4 is 5.73 Å². The van der Waals surface area contributed by atoms with Gasteiger partial charge < -0.3 is 15.1 Å². The molecular formula is C17H24N2O. The number of benzene rings is 1. The summed E-state index contributed by atoms with van der Waals surface area (Å²) in [6.07, 6.45) is 3.80. The highest BCUT2D eigenvalue weighted by atomic mass is 16.3. The zero-order valence-electron chi connectivity index (χ0n) is 12.4. The van der Waals surface area contributed by atoms with E-state index >= 15 is 0 Å². The van der Waals surface area contributed by atoms with E-state index in [1.165, 1.54) is 11.1 Å². The van der Waals surface area contributed by atoms with Crippen LogP contribution in [0.5, 0.6) is 0 Å². The monoisotopic (exact) mass is 272 g/mol. The third-order valence-corrected chi connectivity index (χ3v) is 3.60. The van der Waals surface area contributed by atoms with Crippen LogP contribution in [-0.4, -0.2) is 24.5 Å². The van der Waals surface area contributed by atoms with Gasteiger partial charge in [0, 0.05) is 24.7 Å². The molecule has 0 saturated carbocycles. The van der Waals surface area contributed by atoms with Crippen LogP contribution in [-0.2, 0) is 13.0 Å². The quantitative estimate of drug-likeness (QED) is 0.842. The van der Waals surface area contributed by atoms with Gasteiger partial charge in [0.15, 0.2) is 0 Å². The molecule has 2 rings (SSSR count). The molecule has 0 aliphatic carbocycles. The van der Waals surface area contributed by atoms with Gasteiger partial charge in [-0.05, 0) is 38.4 Å². The second kappa shape index (κ2) is 7.27. The summed E-state index contributed by atoms with van der Waals surface area (Å²) in [5, 5.41) is 0. The number of nitrogens with zero attached hydrogens (tertiary/aromatic N) is 1. The Balaban J connectivity index is 1.74. The summed E-state index contributed by atoms with van der Waals surface area (Å²) in [7, 11) is 2.11. The third-order valence-electron chi connectivity index (χ3n) is 3.60. The number of likely N-dealkylation sites (N-methyl/N-ethyl adjacent to an activating group) is 1. The van der Waals surface area contributed by atoms with E-state index in [9.17, 15) is 0 Å². The van der Waals surface area contributed by atoms with E-state index in [4.69, 9.17) is 10.2 Å². The normalized spacial score (nSPS) is 12.8. The topological polar surface area (TPSA) is 42.4 Å². The molecular weight excluding hydrogens is 248 g/mol. The highest BCUT2D eigenvalue weighted by Gasteiger charge is 2.10. The minimum absolute atomic E-state index is 0.201. The Hall–Kier alpha value is -1.58. The van der Waals surface area contributed by atoms with Gasteiger partial charge >= 0.3 is 0 Å². The molecule has 0 fully saturated rings. The summed E-state index contributed by atoms with van der Waals surface area (Å²) in [5.41, 5.74) is 8.82. The predicted molar refractivity (Wildman–Crippen MR) is 82.5 cm³/mol. The lowest BCUT2D eigenvalue weighted by atomic mass is 10.1. The highest BCUT2D eigenvalue weighted by Crippen LogP contribution is 2.11. The summed E-state index contributed by atoms with van der Waals surface area (Å²) in [6.45, 7) is 3.79. The minimum atomic E-state index is 0.201. The average Bonchev–Trinajstić information content (AvgIpc) is 2.83. The Bertz CT molecular complexity index is 507. The molecule has 3 heteroatoms. The molecule has 0 spiro atoms. The lowest BCUT2D eigenvalue weighted by Gasteiger charge is -2.21. The number of hydrogen-bond acceptors (Lipinski definition) is 3. The maximum Gasteiger partial charge on any atom is 0.105 e. The Morgan fingerprint density at radius 1 is 1.20 bits per heavy atom. The molecule has 108 valence electrons. The standard InChI is InChI=1S/C17H24N2O/c1-14-16(10-11-20-14)12-19(2)13-17(18)9-8-15-6-4-3-5-7-15/h3-7,10-11,17H,8-9,12-13,18H2,1-2H3. The SMILES string of the molecule is Cc1occc1CN(C)CC(N)CCc1ccccc1. The van der Waals surface area contributed by atoms with Crippen LogP contribution in [0.3, 0.4) is 0 Å². The Kier molecular flexibility index (Phi) is 5.39. The van der Waals surface area contributed by atoms with Crippen LogP contribution in [0.2, 0.25) is 0 Å². The summed E-state index contributed by atoms with van der Waals surface area (Å²) in [5.74, 6) is 0.995. The van der Waals surface area contributed by atoms with Gasteiger partial charge in [0.1, 0.15) is 5.76 Å². The first-order chi connectivity index (χ1) is 9.65. The van der Waals surface area contributed by atoms with Gasteiger partial charge in [-0.25, -0.2) is 0 Å². The van der Waals surface area contributed by atoms with E-state index in [0.717, 1.165) is 31.7 Å². The molecule has 0 amide bonds. The van der Waals surface area contributed by atoms with Crippen LogP contribution in [0.4, 0.5) is 0 Å². The number of furan rings is 1. The maximum atomic E-state index is 6.22. The number of aryl methyl sites for hydroxylation is 2. The number of rotatable bonds is 7. The number of nitrogens with two attached hydrogens (primary N) is 1. The summed E-state index contributed by atoms with van der Waals surface area (Å²) in [6, 6.07) is 12.7. The molecule has 0 saturated heterocycles. The summed E-state index contributed by atoms with van der Waals surface area (Å²) >= 11 is 0. The van der Waals surface area contributed by atoms with Crippen molar-refractivity contribution in [3.05, 3.63) is 59.5 Å². The lowest BCUT2D eigenvalue weighted by Crippen LogP contribution is -2.35. The third kappa shape index (κ3) is 4.51. The van der Waals surface area contributed by atoms with E-state index in [2.05, 4.69) is 36.2 Å². The fourth-order valence-electron chi connectivity index (χ4n) is 2.42. The van der Waals surface area contributed by atoms with E-state index in [1.54, 1.807) is 6.26 Å². The molecule has 20 heavy (non-hydrogen) atoms. The van der Waals surface area contributed by atoms with Gasteiger partial charge in [-0.3, -0.25) is 0 Å². The fourth-order valence-corrected chi connectivity index (χ4v) is 2.42. The van der Waals surface area contributed by atoms with E-state index < -0.39 is 0 Å². The van der Waals surface area contributed by atoms with Crippen molar-refractivity contribution in [3.8, 4) is 0 Å². The first-order valence-electron chi connectivity index (χ1n) is 7.16. The largest absolute Gasteiger partial charge is 0.469 e. The Labute approximate surface area is 121 Å². The van der Waals surface area contributed by atoms with Gasteiger partial charge in [-0.2, -0.15) is 0 Å². The van der Waals surface area contributed by atoms with Crippen molar-refractivity contribution in [1.29, 1.82) is 0 Å². The molecule has 0 radical (unpaired) electrons. The molecule has 1 heterocycles. The minimum Gasteiger partial charge on any atom is -0.469 e. The molecule has 2 N–H and O–H groups in total. The first-order valence-corrected chi connectivity index (χ1v) is 7.16. The smallest absolute Gasteiger partial charge is 0.105 e. The first kappa shape index (κ1) is 14.8. The van der Waals surface area contributed by atoms with Crippen molar-refractivity contribution >= 4 is 0 Å². The molecule has 2 aromatic rings. The van der Waals surface area contributed by atoms with Crippen LogP contribution in [0.25, 0.3) is 0 Å². The Morgan fingerprint density at radius 3 is 2.60 bits per heavy atom. The molecule has 1 atom stereocenters. The molecule has 1 aromatic heterocycles. The Morgan fingerprint density at radius 2 is 1.95 bits per heavy atom. The van der Waals surface area contributed by atoms with Crippen molar-refractivity contribution < 1.29 is 4.42 Å². The van der Waals surface area contributed by atoms with Gasteiger partial charge in [-0.15, -0.1) is 0 Å². The van der Waals surface area contributed by atoms with Gasteiger partial charge in [0.2, 0.25) is 0 Å². The molecule has 0 aliphatic rings. The van der Waals surface area contributed by atoms with Gasteiger partial charge in [0.25, 0.3) is 0 Å². The van der Waals surface area contributed by atoms with Crippen LogP contribution in [0.1, 0.15) is 23.3 Å². The van der Waals surface area contributed by atoms with E-state index in [0.29, 0.717) is 0 Å². The van der Waals surface area contributed by atoms with Crippen LogP contribution >= 0.6 is 0 Å². The molecule has 1 aromatic carbocycles. The molecule has 1 unspecified atom stereocenters. The molecule has 3 nitrogen and oxygen atoms in total. The van der Waals surface area contributed by atoms with Crippen LogP contribution in [0.15, 0.2) is 47.1 Å². The highest BCUT2D eigenvalue weighted by molar-refractivity contribution is 5.15. The zero-order chi connectivity index (χ0) is 14.4. The van der Waals surface area contributed by atoms with Crippen molar-refractivity contribution in [2.75, 3.05) is 13.6 Å². The number of hydrogen-bond donors (Lipinski definition) is 1. The van der Waals surface area contributed by atoms with Crippen molar-refractivity contribution in [2.45, 2.75) is 32.4 Å². The molecule has 0 aliphatic heterocycles. The second-order valence-electron chi connectivity index (χ2n) is 5.48. The lowest BCUT2D eigenvalue weighted by molar-refractivity contribution is 0.295. The maximum absolute atomic E-state index is 6.22. The molecule has 0 bridgehead atoms. The average molecular weight is 272 g/mol. The van der Waals surface area contributed by atoms with Crippen molar-refractivity contribution in [1.82, 2.24) is 4.90 Å². The summed E-state index contributed by atoms with van der Waals surface area (Å²) < 4.78 is 5.32. The predicted octanol–water partition coefficient (Wildman–Crippen LogP) is 2.98. The van der Waals surface area contributed by atoms with Crippen LogP contribution in [0, 0.1) is 6.92 Å².